The summed E-state index contributed by atoms with van der Waals surface area (Å²) in [6.45, 7) is 1.46. The third-order valence-corrected chi connectivity index (χ3v) is 4.96. The molecule has 0 bridgehead atoms. The Balaban J connectivity index is 1.56. The first-order valence-electron chi connectivity index (χ1n) is 8.17. The molecule has 1 aromatic heterocycles. The molecule has 0 amide bonds. The summed E-state index contributed by atoms with van der Waals surface area (Å²) in [6.07, 6.45) is 4.85. The first-order valence-corrected chi connectivity index (χ1v) is 8.55. The van der Waals surface area contributed by atoms with E-state index in [-0.39, 0.29) is 10.6 Å². The second-order valence-electron chi connectivity index (χ2n) is 6.18. The van der Waals surface area contributed by atoms with Crippen LogP contribution in [0.3, 0.4) is 0 Å². The summed E-state index contributed by atoms with van der Waals surface area (Å²) in [6, 6.07) is 13.0. The fourth-order valence-electron chi connectivity index (χ4n) is 3.47. The second kappa shape index (κ2) is 6.37. The summed E-state index contributed by atoms with van der Waals surface area (Å²) in [7, 11) is 0. The smallest absolute Gasteiger partial charge is 0.292 e. The van der Waals surface area contributed by atoms with Gasteiger partial charge in [-0.2, -0.15) is 0 Å². The maximum atomic E-state index is 11.3. The van der Waals surface area contributed by atoms with Crippen LogP contribution in [0.1, 0.15) is 18.9 Å². The molecule has 3 aromatic rings. The molecule has 6 nitrogen and oxygen atoms in total. The molecule has 7 heteroatoms. The first kappa shape index (κ1) is 15.9. The van der Waals surface area contributed by atoms with Crippen LogP contribution in [0.5, 0.6) is 0 Å². The standard InChI is InChI=1S/C18H16ClN4O2/c19-13-5-6-17(23(24)25)18(11-13)21-9-7-14(8-10-21)22-12-20-15-3-1-2-4-16(15)22/h1-6,11,14H,7-10H2. The molecule has 1 radical (unpaired) electrons. The zero-order valence-corrected chi connectivity index (χ0v) is 14.2. The highest BCUT2D eigenvalue weighted by Gasteiger charge is 2.26. The first-order chi connectivity index (χ1) is 12.1. The Kier molecular flexibility index (Phi) is 4.05. The Morgan fingerprint density at radius 3 is 2.72 bits per heavy atom. The molecule has 1 fully saturated rings. The fourth-order valence-corrected chi connectivity index (χ4v) is 3.64. The van der Waals surface area contributed by atoms with Crippen molar-refractivity contribution in [3.63, 3.8) is 0 Å². The Bertz CT molecular complexity index is 932. The molecular formula is C18H16ClN4O2. The number of rotatable bonds is 3. The van der Waals surface area contributed by atoms with Gasteiger partial charge in [-0.15, -0.1) is 0 Å². The number of nitro groups is 1. The van der Waals surface area contributed by atoms with E-state index in [1.54, 1.807) is 12.1 Å². The van der Waals surface area contributed by atoms with Gasteiger partial charge < -0.3 is 9.47 Å². The van der Waals surface area contributed by atoms with Gasteiger partial charge in [0.2, 0.25) is 0 Å². The van der Waals surface area contributed by atoms with E-state index in [0.717, 1.165) is 37.0 Å². The average Bonchev–Trinajstić information content (AvgIpc) is 3.05. The summed E-state index contributed by atoms with van der Waals surface area (Å²) in [5, 5.41) is 11.8. The van der Waals surface area contributed by atoms with Gasteiger partial charge in [0.15, 0.2) is 6.33 Å². The van der Waals surface area contributed by atoms with Crippen LogP contribution in [0.4, 0.5) is 11.4 Å². The van der Waals surface area contributed by atoms with Crippen molar-refractivity contribution in [1.82, 2.24) is 9.55 Å². The maximum absolute atomic E-state index is 11.3. The second-order valence-corrected chi connectivity index (χ2v) is 6.62. The highest BCUT2D eigenvalue weighted by molar-refractivity contribution is 6.31. The highest BCUT2D eigenvalue weighted by Crippen LogP contribution is 2.35. The minimum absolute atomic E-state index is 0.0995. The Morgan fingerprint density at radius 1 is 1.20 bits per heavy atom. The molecule has 2 heterocycles. The number of hydrogen-bond donors (Lipinski definition) is 0. The van der Waals surface area contributed by atoms with Gasteiger partial charge >= 0.3 is 0 Å². The molecule has 0 atom stereocenters. The van der Waals surface area contributed by atoms with Crippen LogP contribution in [0.25, 0.3) is 11.0 Å². The number of hydrogen-bond acceptors (Lipinski definition) is 4. The van der Waals surface area contributed by atoms with E-state index < -0.39 is 0 Å². The van der Waals surface area contributed by atoms with Gasteiger partial charge in [-0.25, -0.2) is 4.98 Å². The predicted molar refractivity (Wildman–Crippen MR) is 97.2 cm³/mol. The van der Waals surface area contributed by atoms with Crippen molar-refractivity contribution in [1.29, 1.82) is 0 Å². The van der Waals surface area contributed by atoms with Gasteiger partial charge in [0.25, 0.3) is 5.69 Å². The number of nitro benzene ring substituents is 1. The van der Waals surface area contributed by atoms with E-state index in [9.17, 15) is 10.1 Å². The van der Waals surface area contributed by atoms with E-state index in [0.29, 0.717) is 16.8 Å². The van der Waals surface area contributed by atoms with E-state index in [1.165, 1.54) is 6.07 Å². The lowest BCUT2D eigenvalue weighted by atomic mass is 10.0. The Hall–Kier alpha value is -2.60. The van der Waals surface area contributed by atoms with Gasteiger partial charge in [0, 0.05) is 30.2 Å². The number of benzene rings is 2. The molecular weight excluding hydrogens is 340 g/mol. The van der Waals surface area contributed by atoms with Crippen LogP contribution in [0.15, 0.2) is 42.5 Å². The quantitative estimate of drug-likeness (QED) is 0.520. The minimum atomic E-state index is -0.352. The Morgan fingerprint density at radius 2 is 1.96 bits per heavy atom. The average molecular weight is 356 g/mol. The molecule has 0 unspecified atom stereocenters. The highest BCUT2D eigenvalue weighted by atomic mass is 35.5. The van der Waals surface area contributed by atoms with Crippen molar-refractivity contribution in [2.45, 2.75) is 18.9 Å². The van der Waals surface area contributed by atoms with Crippen molar-refractivity contribution < 1.29 is 4.92 Å². The third-order valence-electron chi connectivity index (χ3n) is 4.72. The van der Waals surface area contributed by atoms with Crippen molar-refractivity contribution in [2.75, 3.05) is 18.0 Å². The molecule has 0 aliphatic carbocycles. The van der Waals surface area contributed by atoms with E-state index >= 15 is 0 Å². The monoisotopic (exact) mass is 355 g/mol. The number of halogens is 1. The van der Waals surface area contributed by atoms with Crippen LogP contribution in [-0.4, -0.2) is 27.6 Å². The maximum Gasteiger partial charge on any atom is 0.292 e. The molecule has 2 aromatic carbocycles. The molecule has 0 saturated carbocycles. The molecule has 1 aliphatic heterocycles. The number of fused-ring (bicyclic) bond motifs is 1. The molecule has 1 aliphatic rings. The van der Waals surface area contributed by atoms with Crippen LogP contribution in [0, 0.1) is 16.4 Å². The van der Waals surface area contributed by atoms with Gasteiger partial charge in [-0.3, -0.25) is 10.1 Å². The number of anilines is 1. The summed E-state index contributed by atoms with van der Waals surface area (Å²) in [5.41, 5.74) is 2.71. The zero-order chi connectivity index (χ0) is 17.4. The summed E-state index contributed by atoms with van der Waals surface area (Å²) in [4.78, 5) is 17.3. The van der Waals surface area contributed by atoms with Gasteiger partial charge in [0.1, 0.15) is 5.69 Å². The van der Waals surface area contributed by atoms with Crippen LogP contribution < -0.4 is 4.90 Å². The molecule has 0 N–H and O–H groups in total. The number of piperidine rings is 1. The van der Waals surface area contributed by atoms with E-state index in [2.05, 4.69) is 15.9 Å². The fraction of sp³-hybridized carbons (Fsp3) is 0.278. The zero-order valence-electron chi connectivity index (χ0n) is 13.4. The van der Waals surface area contributed by atoms with Gasteiger partial charge in [-0.1, -0.05) is 23.7 Å². The summed E-state index contributed by atoms with van der Waals surface area (Å²) in [5.74, 6) is 0. The lowest BCUT2D eigenvalue weighted by Gasteiger charge is -2.34. The third kappa shape index (κ3) is 2.93. The minimum Gasteiger partial charge on any atom is -0.366 e. The van der Waals surface area contributed by atoms with Crippen molar-refractivity contribution in [2.24, 2.45) is 0 Å². The summed E-state index contributed by atoms with van der Waals surface area (Å²) >= 11 is 6.05. The number of imidazole rings is 1. The predicted octanol–water partition coefficient (Wildman–Crippen LogP) is 4.24. The van der Waals surface area contributed by atoms with Crippen molar-refractivity contribution in [3.05, 3.63) is 63.9 Å². The van der Waals surface area contributed by atoms with Crippen molar-refractivity contribution >= 4 is 34.0 Å². The lowest BCUT2D eigenvalue weighted by molar-refractivity contribution is -0.384. The summed E-state index contributed by atoms with van der Waals surface area (Å²) < 4.78 is 2.10. The molecule has 1 saturated heterocycles. The Labute approximate surface area is 149 Å². The molecule has 4 rings (SSSR count). The molecule has 0 spiro atoms. The lowest BCUT2D eigenvalue weighted by Crippen LogP contribution is -2.34. The molecule has 25 heavy (non-hydrogen) atoms. The van der Waals surface area contributed by atoms with Crippen LogP contribution in [-0.2, 0) is 0 Å². The van der Waals surface area contributed by atoms with E-state index in [4.69, 9.17) is 11.6 Å². The number of para-hydroxylation sites is 2. The van der Waals surface area contributed by atoms with Gasteiger partial charge in [-0.05, 0) is 37.1 Å². The normalized spacial score (nSPS) is 15.6. The molecule has 127 valence electrons. The SMILES string of the molecule is O=[N+]([O-])c1ccc(Cl)cc1N1CCC(n2[c]nc3ccccc32)CC1. The van der Waals surface area contributed by atoms with Crippen LogP contribution in [0.2, 0.25) is 5.02 Å². The largest absolute Gasteiger partial charge is 0.366 e. The number of nitrogens with zero attached hydrogens (tertiary/aromatic N) is 4. The number of aromatic nitrogens is 2. The topological polar surface area (TPSA) is 64.2 Å². The van der Waals surface area contributed by atoms with Crippen molar-refractivity contribution in [3.8, 4) is 0 Å². The van der Waals surface area contributed by atoms with E-state index in [1.807, 2.05) is 29.2 Å². The van der Waals surface area contributed by atoms with Crippen LogP contribution >= 0.6 is 11.6 Å². The van der Waals surface area contributed by atoms with Gasteiger partial charge in [0.05, 0.1) is 16.0 Å².